The molecule has 0 aliphatic carbocycles. The maximum atomic E-state index is 12.1. The number of aromatic nitrogens is 2. The van der Waals surface area contributed by atoms with Crippen LogP contribution >= 0.6 is 0 Å². The molecule has 2 N–H and O–H groups in total. The van der Waals surface area contributed by atoms with Crippen LogP contribution in [0.2, 0.25) is 0 Å². The average molecular weight is 307 g/mol. The van der Waals surface area contributed by atoms with E-state index >= 15 is 0 Å². The molecule has 1 aliphatic rings. The molecule has 122 valence electrons. The van der Waals surface area contributed by atoms with Gasteiger partial charge in [0.25, 0.3) is 0 Å². The summed E-state index contributed by atoms with van der Waals surface area (Å²) in [6, 6.07) is 0. The van der Waals surface area contributed by atoms with E-state index in [0.717, 1.165) is 31.0 Å². The fourth-order valence-corrected chi connectivity index (χ4v) is 2.27. The Morgan fingerprint density at radius 3 is 2.59 bits per heavy atom. The molecule has 1 aromatic heterocycles. The van der Waals surface area contributed by atoms with Gasteiger partial charge in [-0.25, -0.2) is 9.78 Å². The van der Waals surface area contributed by atoms with Gasteiger partial charge in [0.1, 0.15) is 11.4 Å². The lowest BCUT2D eigenvalue weighted by Crippen LogP contribution is -2.39. The van der Waals surface area contributed by atoms with E-state index in [1.807, 2.05) is 20.8 Å². The Bertz CT molecular complexity index is 498. The highest BCUT2D eigenvalue weighted by Crippen LogP contribution is 2.15. The van der Waals surface area contributed by atoms with Gasteiger partial charge in [-0.3, -0.25) is 4.98 Å². The zero-order valence-electron chi connectivity index (χ0n) is 13.6. The van der Waals surface area contributed by atoms with Crippen molar-refractivity contribution < 1.29 is 9.53 Å². The quantitative estimate of drug-likeness (QED) is 0.888. The molecule has 2 rings (SSSR count). The molecule has 0 aromatic carbocycles. The Hall–Kier alpha value is -1.89. The predicted octanol–water partition coefficient (Wildman–Crippen LogP) is 1.38. The number of carbonyl (C=O) groups excluding carboxylic acids is 1. The van der Waals surface area contributed by atoms with E-state index in [0.29, 0.717) is 19.6 Å². The summed E-state index contributed by atoms with van der Waals surface area (Å²) < 4.78 is 5.43. The molecule has 0 radical (unpaired) electrons. The number of rotatable bonds is 2. The number of ether oxygens (including phenoxy) is 1. The van der Waals surface area contributed by atoms with Gasteiger partial charge in [0.2, 0.25) is 0 Å². The molecular weight excluding hydrogens is 282 g/mol. The van der Waals surface area contributed by atoms with Crippen molar-refractivity contribution in [3.05, 3.63) is 18.1 Å². The summed E-state index contributed by atoms with van der Waals surface area (Å²) in [4.78, 5) is 24.7. The van der Waals surface area contributed by atoms with E-state index in [-0.39, 0.29) is 6.09 Å². The van der Waals surface area contributed by atoms with Gasteiger partial charge in [0.05, 0.1) is 18.1 Å². The minimum Gasteiger partial charge on any atom is -0.444 e. The van der Waals surface area contributed by atoms with E-state index < -0.39 is 5.60 Å². The van der Waals surface area contributed by atoms with Crippen molar-refractivity contribution in [2.24, 2.45) is 5.73 Å². The fraction of sp³-hybridized carbons (Fsp3) is 0.667. The molecule has 1 aliphatic heterocycles. The first-order valence-electron chi connectivity index (χ1n) is 7.63. The van der Waals surface area contributed by atoms with Crippen molar-refractivity contribution in [2.45, 2.75) is 39.3 Å². The van der Waals surface area contributed by atoms with Gasteiger partial charge >= 0.3 is 6.09 Å². The van der Waals surface area contributed by atoms with Crippen LogP contribution in [0.4, 0.5) is 10.6 Å². The average Bonchev–Trinajstić information content (AvgIpc) is 2.71. The normalized spacial score (nSPS) is 16.4. The van der Waals surface area contributed by atoms with Crippen LogP contribution in [0.15, 0.2) is 12.4 Å². The number of hydrogen-bond acceptors (Lipinski definition) is 6. The molecule has 1 aromatic rings. The molecule has 2 heterocycles. The molecule has 1 saturated heterocycles. The molecule has 22 heavy (non-hydrogen) atoms. The molecule has 0 bridgehead atoms. The lowest BCUT2D eigenvalue weighted by molar-refractivity contribution is 0.0263. The van der Waals surface area contributed by atoms with Crippen LogP contribution in [-0.2, 0) is 11.3 Å². The van der Waals surface area contributed by atoms with Gasteiger partial charge in [0, 0.05) is 32.7 Å². The van der Waals surface area contributed by atoms with E-state index in [1.54, 1.807) is 17.3 Å². The molecule has 7 nitrogen and oxygen atoms in total. The number of hydrogen-bond donors (Lipinski definition) is 1. The van der Waals surface area contributed by atoms with Crippen LogP contribution in [0.3, 0.4) is 0 Å². The summed E-state index contributed by atoms with van der Waals surface area (Å²) in [5.41, 5.74) is 5.84. The smallest absolute Gasteiger partial charge is 0.410 e. The van der Waals surface area contributed by atoms with Gasteiger partial charge < -0.3 is 20.3 Å². The lowest BCUT2D eigenvalue weighted by Gasteiger charge is -2.26. The number of amides is 1. The second-order valence-corrected chi connectivity index (χ2v) is 6.38. The van der Waals surface area contributed by atoms with Crippen molar-refractivity contribution in [1.29, 1.82) is 0 Å². The van der Waals surface area contributed by atoms with E-state index in [4.69, 9.17) is 10.5 Å². The minimum absolute atomic E-state index is 0.251. The molecule has 1 amide bonds. The molecule has 1 fully saturated rings. The molecule has 0 spiro atoms. The number of anilines is 1. The molecule has 0 unspecified atom stereocenters. The Morgan fingerprint density at radius 1 is 1.23 bits per heavy atom. The van der Waals surface area contributed by atoms with Crippen molar-refractivity contribution >= 4 is 11.9 Å². The van der Waals surface area contributed by atoms with Crippen LogP contribution < -0.4 is 10.6 Å². The van der Waals surface area contributed by atoms with Gasteiger partial charge in [-0.05, 0) is 27.2 Å². The third-order valence-electron chi connectivity index (χ3n) is 3.37. The second-order valence-electron chi connectivity index (χ2n) is 6.38. The van der Waals surface area contributed by atoms with Crippen LogP contribution in [0.5, 0.6) is 0 Å². The number of carbonyl (C=O) groups is 1. The van der Waals surface area contributed by atoms with Crippen LogP contribution in [-0.4, -0.2) is 52.7 Å². The van der Waals surface area contributed by atoms with Crippen molar-refractivity contribution in [2.75, 3.05) is 31.1 Å². The summed E-state index contributed by atoms with van der Waals surface area (Å²) in [5, 5.41) is 0. The number of nitrogens with two attached hydrogens (primary N) is 1. The van der Waals surface area contributed by atoms with Crippen molar-refractivity contribution in [3.63, 3.8) is 0 Å². The fourth-order valence-electron chi connectivity index (χ4n) is 2.27. The van der Waals surface area contributed by atoms with E-state index in [9.17, 15) is 4.79 Å². The van der Waals surface area contributed by atoms with Gasteiger partial charge in [-0.15, -0.1) is 0 Å². The third kappa shape index (κ3) is 4.56. The summed E-state index contributed by atoms with van der Waals surface area (Å²) in [7, 11) is 0. The first kappa shape index (κ1) is 16.5. The van der Waals surface area contributed by atoms with Gasteiger partial charge in [-0.1, -0.05) is 0 Å². The first-order chi connectivity index (χ1) is 10.4. The zero-order valence-corrected chi connectivity index (χ0v) is 13.6. The molecule has 0 atom stereocenters. The Labute approximate surface area is 131 Å². The first-order valence-corrected chi connectivity index (χ1v) is 7.63. The standard InChI is InChI=1S/C15H25N5O2/c1-15(2,3)22-14(21)20-6-4-5-19(7-8-20)13-11-17-12(9-16)10-18-13/h10-11H,4-9,16H2,1-3H3. The Balaban J connectivity index is 1.95. The highest BCUT2D eigenvalue weighted by molar-refractivity contribution is 5.68. The Morgan fingerprint density at radius 2 is 2.00 bits per heavy atom. The third-order valence-corrected chi connectivity index (χ3v) is 3.37. The Kier molecular flexibility index (Phi) is 5.18. The van der Waals surface area contributed by atoms with Gasteiger partial charge in [0.15, 0.2) is 0 Å². The SMILES string of the molecule is CC(C)(C)OC(=O)N1CCCN(c2cnc(CN)cn2)CC1. The van der Waals surface area contributed by atoms with Crippen LogP contribution in [0, 0.1) is 0 Å². The lowest BCUT2D eigenvalue weighted by atomic mass is 10.2. The topological polar surface area (TPSA) is 84.6 Å². The molecular formula is C15H25N5O2. The van der Waals surface area contributed by atoms with Crippen LogP contribution in [0.25, 0.3) is 0 Å². The largest absolute Gasteiger partial charge is 0.444 e. The van der Waals surface area contributed by atoms with E-state index in [1.165, 1.54) is 0 Å². The maximum absolute atomic E-state index is 12.1. The van der Waals surface area contributed by atoms with Crippen molar-refractivity contribution in [1.82, 2.24) is 14.9 Å². The van der Waals surface area contributed by atoms with E-state index in [2.05, 4.69) is 14.9 Å². The molecule has 0 saturated carbocycles. The maximum Gasteiger partial charge on any atom is 0.410 e. The zero-order chi connectivity index (χ0) is 16.2. The second kappa shape index (κ2) is 6.91. The van der Waals surface area contributed by atoms with Crippen molar-refractivity contribution in [3.8, 4) is 0 Å². The van der Waals surface area contributed by atoms with Crippen LogP contribution in [0.1, 0.15) is 32.9 Å². The van der Waals surface area contributed by atoms with Gasteiger partial charge in [-0.2, -0.15) is 0 Å². The monoisotopic (exact) mass is 307 g/mol. The minimum atomic E-state index is -0.466. The highest BCUT2D eigenvalue weighted by atomic mass is 16.6. The summed E-state index contributed by atoms with van der Waals surface area (Å²) in [5.74, 6) is 0.822. The summed E-state index contributed by atoms with van der Waals surface area (Å²) in [6.07, 6.45) is 4.07. The summed E-state index contributed by atoms with van der Waals surface area (Å²) >= 11 is 0. The summed E-state index contributed by atoms with van der Waals surface area (Å²) in [6.45, 7) is 8.90. The number of nitrogens with zero attached hydrogens (tertiary/aromatic N) is 4. The predicted molar refractivity (Wildman–Crippen MR) is 84.6 cm³/mol. The highest BCUT2D eigenvalue weighted by Gasteiger charge is 2.24. The molecule has 7 heteroatoms.